The van der Waals surface area contributed by atoms with Crippen LogP contribution in [-0.4, -0.2) is 4.98 Å². The molecule has 0 unspecified atom stereocenters. The number of halogens is 2. The lowest BCUT2D eigenvalue weighted by molar-refractivity contribution is 0.144. The molecule has 4 heteroatoms. The molecule has 1 aliphatic carbocycles. The summed E-state index contributed by atoms with van der Waals surface area (Å²) in [5, 5.41) is 0. The molecule has 0 spiro atoms. The lowest BCUT2D eigenvalue weighted by atomic mass is 10.0. The summed E-state index contributed by atoms with van der Waals surface area (Å²) >= 11 is 0. The number of nitrogens with two attached hydrogens (primary N) is 1. The van der Waals surface area contributed by atoms with E-state index in [4.69, 9.17) is 5.73 Å². The monoisotopic (exact) mass is 184 g/mol. The Morgan fingerprint density at radius 2 is 2.15 bits per heavy atom. The van der Waals surface area contributed by atoms with Crippen molar-refractivity contribution >= 4 is 0 Å². The van der Waals surface area contributed by atoms with Crippen LogP contribution < -0.4 is 5.73 Å². The van der Waals surface area contributed by atoms with E-state index in [1.165, 1.54) is 6.20 Å². The number of nitrogens with zero attached hydrogens (tertiary/aromatic N) is 1. The highest BCUT2D eigenvalue weighted by molar-refractivity contribution is 5.33. The normalized spacial score (nSPS) is 19.1. The van der Waals surface area contributed by atoms with Crippen LogP contribution in [-0.2, 0) is 5.54 Å². The minimum atomic E-state index is -2.53. The molecule has 0 saturated heterocycles. The van der Waals surface area contributed by atoms with Crippen LogP contribution >= 0.6 is 0 Å². The van der Waals surface area contributed by atoms with Crippen molar-refractivity contribution in [1.82, 2.24) is 4.98 Å². The number of rotatable bonds is 2. The summed E-state index contributed by atoms with van der Waals surface area (Å²) in [6.07, 6.45) is 0.394. The smallest absolute Gasteiger partial charge is 0.280 e. The van der Waals surface area contributed by atoms with Crippen molar-refractivity contribution < 1.29 is 8.78 Å². The van der Waals surface area contributed by atoms with Crippen molar-refractivity contribution in [3.05, 3.63) is 29.6 Å². The van der Waals surface area contributed by atoms with Gasteiger partial charge in [0.2, 0.25) is 0 Å². The Bertz CT molecular complexity index is 321. The van der Waals surface area contributed by atoms with Gasteiger partial charge in [0.15, 0.2) is 0 Å². The zero-order valence-electron chi connectivity index (χ0n) is 7.00. The van der Waals surface area contributed by atoms with Gasteiger partial charge in [0.1, 0.15) is 5.69 Å². The maximum atomic E-state index is 12.5. The van der Waals surface area contributed by atoms with E-state index in [2.05, 4.69) is 4.98 Å². The van der Waals surface area contributed by atoms with Crippen molar-refractivity contribution in [3.8, 4) is 0 Å². The third kappa shape index (κ3) is 1.42. The molecule has 0 amide bonds. The van der Waals surface area contributed by atoms with Crippen LogP contribution in [0.25, 0.3) is 0 Å². The Morgan fingerprint density at radius 1 is 1.46 bits per heavy atom. The highest BCUT2D eigenvalue weighted by atomic mass is 19.3. The van der Waals surface area contributed by atoms with Gasteiger partial charge in [0, 0.05) is 11.7 Å². The first kappa shape index (κ1) is 8.56. The average Bonchev–Trinajstić information content (AvgIpc) is 2.85. The second-order valence-electron chi connectivity index (χ2n) is 3.39. The predicted molar refractivity (Wildman–Crippen MR) is 44.3 cm³/mol. The maximum absolute atomic E-state index is 12.5. The van der Waals surface area contributed by atoms with Gasteiger partial charge in [-0.25, -0.2) is 8.78 Å². The molecule has 2 nitrogen and oxygen atoms in total. The number of alkyl halides is 2. The van der Waals surface area contributed by atoms with E-state index in [1.807, 2.05) is 0 Å². The summed E-state index contributed by atoms with van der Waals surface area (Å²) in [6, 6.07) is 3.29. The van der Waals surface area contributed by atoms with Gasteiger partial charge in [-0.1, -0.05) is 6.07 Å². The van der Waals surface area contributed by atoms with Crippen LogP contribution in [0.1, 0.15) is 30.5 Å². The van der Waals surface area contributed by atoms with E-state index in [0.717, 1.165) is 12.8 Å². The number of hydrogen-bond donors (Lipinski definition) is 1. The second-order valence-corrected chi connectivity index (χ2v) is 3.39. The Balaban J connectivity index is 2.44. The van der Waals surface area contributed by atoms with Crippen LogP contribution in [0.5, 0.6) is 0 Å². The molecule has 0 aliphatic heterocycles. The molecule has 2 N–H and O–H groups in total. The lowest BCUT2D eigenvalue weighted by Gasteiger charge is -2.12. The molecule has 1 saturated carbocycles. The van der Waals surface area contributed by atoms with Crippen LogP contribution in [0.4, 0.5) is 8.78 Å². The topological polar surface area (TPSA) is 38.9 Å². The standard InChI is InChI=1S/C9H10F2N2/c10-8(11)7-6(2-1-5-13-7)9(12)3-4-9/h1-2,5,8H,3-4,12H2. The summed E-state index contributed by atoms with van der Waals surface area (Å²) in [7, 11) is 0. The largest absolute Gasteiger partial charge is 0.321 e. The van der Waals surface area contributed by atoms with E-state index in [0.29, 0.717) is 5.56 Å². The van der Waals surface area contributed by atoms with Crippen LogP contribution in [0, 0.1) is 0 Å². The molecule has 0 bridgehead atoms. The number of pyridine rings is 1. The zero-order chi connectivity index (χ0) is 9.47. The summed E-state index contributed by atoms with van der Waals surface area (Å²) in [6.45, 7) is 0. The maximum Gasteiger partial charge on any atom is 0.280 e. The first-order valence-corrected chi connectivity index (χ1v) is 4.16. The fraction of sp³-hybridized carbons (Fsp3) is 0.444. The lowest BCUT2D eigenvalue weighted by Crippen LogP contribution is -2.21. The molecule has 70 valence electrons. The van der Waals surface area contributed by atoms with Gasteiger partial charge in [-0.05, 0) is 24.5 Å². The summed E-state index contributed by atoms with van der Waals surface area (Å²) < 4.78 is 24.9. The van der Waals surface area contributed by atoms with Crippen molar-refractivity contribution in [1.29, 1.82) is 0 Å². The van der Waals surface area contributed by atoms with Gasteiger partial charge in [-0.15, -0.1) is 0 Å². The van der Waals surface area contributed by atoms with Gasteiger partial charge < -0.3 is 5.73 Å². The minimum absolute atomic E-state index is 0.164. The van der Waals surface area contributed by atoms with Crippen molar-refractivity contribution in [3.63, 3.8) is 0 Å². The number of aromatic nitrogens is 1. The average molecular weight is 184 g/mol. The van der Waals surface area contributed by atoms with Crippen molar-refractivity contribution in [2.75, 3.05) is 0 Å². The third-order valence-electron chi connectivity index (χ3n) is 2.37. The molecule has 1 heterocycles. The molecule has 1 aromatic rings. The molecule has 13 heavy (non-hydrogen) atoms. The molecule has 2 rings (SSSR count). The van der Waals surface area contributed by atoms with Gasteiger partial charge in [0.25, 0.3) is 6.43 Å². The minimum Gasteiger partial charge on any atom is -0.321 e. The Hall–Kier alpha value is -1.03. The predicted octanol–water partition coefficient (Wildman–Crippen LogP) is 1.97. The first-order valence-electron chi connectivity index (χ1n) is 4.16. The Labute approximate surface area is 74.8 Å². The van der Waals surface area contributed by atoms with E-state index in [9.17, 15) is 8.78 Å². The molecule has 0 radical (unpaired) electrons. The molecule has 1 fully saturated rings. The van der Waals surface area contributed by atoms with E-state index >= 15 is 0 Å². The Morgan fingerprint density at radius 3 is 2.69 bits per heavy atom. The van der Waals surface area contributed by atoms with Gasteiger partial charge in [-0.2, -0.15) is 0 Å². The van der Waals surface area contributed by atoms with Crippen molar-refractivity contribution in [2.45, 2.75) is 24.8 Å². The van der Waals surface area contributed by atoms with Crippen LogP contribution in [0.3, 0.4) is 0 Å². The summed E-state index contributed by atoms with van der Waals surface area (Å²) in [5.41, 5.74) is 5.65. The quantitative estimate of drug-likeness (QED) is 0.763. The Kier molecular flexibility index (Phi) is 1.80. The molecule has 0 aromatic carbocycles. The SMILES string of the molecule is NC1(c2cccnc2C(F)F)CC1. The van der Waals surface area contributed by atoms with Gasteiger partial charge in [-0.3, -0.25) is 4.98 Å². The third-order valence-corrected chi connectivity index (χ3v) is 2.37. The van der Waals surface area contributed by atoms with Gasteiger partial charge >= 0.3 is 0 Å². The highest BCUT2D eigenvalue weighted by Crippen LogP contribution is 2.45. The molecule has 1 aliphatic rings. The number of hydrogen-bond acceptors (Lipinski definition) is 2. The molecular formula is C9H10F2N2. The molecule has 0 atom stereocenters. The fourth-order valence-corrected chi connectivity index (χ4v) is 1.42. The van der Waals surface area contributed by atoms with E-state index in [1.54, 1.807) is 12.1 Å². The van der Waals surface area contributed by atoms with Gasteiger partial charge in [0.05, 0.1) is 0 Å². The highest BCUT2D eigenvalue weighted by Gasteiger charge is 2.43. The summed E-state index contributed by atoms with van der Waals surface area (Å²) in [5.74, 6) is 0. The van der Waals surface area contributed by atoms with Crippen molar-refractivity contribution in [2.24, 2.45) is 5.73 Å². The molecule has 1 aromatic heterocycles. The zero-order valence-corrected chi connectivity index (χ0v) is 7.00. The molecular weight excluding hydrogens is 174 g/mol. The van der Waals surface area contributed by atoms with Crippen LogP contribution in [0.15, 0.2) is 18.3 Å². The fourth-order valence-electron chi connectivity index (χ4n) is 1.42. The summed E-state index contributed by atoms with van der Waals surface area (Å²) in [4.78, 5) is 3.65. The van der Waals surface area contributed by atoms with E-state index in [-0.39, 0.29) is 5.69 Å². The van der Waals surface area contributed by atoms with Crippen LogP contribution in [0.2, 0.25) is 0 Å². The first-order chi connectivity index (χ1) is 6.13. The van der Waals surface area contributed by atoms with E-state index < -0.39 is 12.0 Å². The second kappa shape index (κ2) is 2.73.